The molecule has 0 bridgehead atoms. The highest BCUT2D eigenvalue weighted by atomic mass is 32.2. The number of aryl methyl sites for hydroxylation is 1. The fourth-order valence-electron chi connectivity index (χ4n) is 3.69. The lowest BCUT2D eigenvalue weighted by molar-refractivity contribution is 0.0435. The van der Waals surface area contributed by atoms with E-state index in [4.69, 9.17) is 8.61 Å². The summed E-state index contributed by atoms with van der Waals surface area (Å²) < 4.78 is 39.0. The Labute approximate surface area is 211 Å². The largest absolute Gasteiger partial charge is 0.411 e. The summed E-state index contributed by atoms with van der Waals surface area (Å²) in [7, 11) is -6.01. The van der Waals surface area contributed by atoms with Crippen molar-refractivity contribution in [3.63, 3.8) is 0 Å². The predicted octanol–water partition coefficient (Wildman–Crippen LogP) is 8.57. The maximum Gasteiger partial charge on any atom is 0.297 e. The lowest BCUT2D eigenvalue weighted by Crippen LogP contribution is -2.47. The molecule has 0 spiro atoms. The van der Waals surface area contributed by atoms with Crippen LogP contribution >= 0.6 is 0 Å². The second-order valence-electron chi connectivity index (χ2n) is 11.1. The monoisotopic (exact) mass is 510 g/mol. The number of hydrogen-bond acceptors (Lipinski definition) is 4. The molecule has 6 heteroatoms. The zero-order valence-electron chi connectivity index (χ0n) is 22.9. The molecule has 0 aromatic heterocycles. The molecule has 1 rings (SSSR count). The average Bonchev–Trinajstić information content (AvgIpc) is 2.73. The van der Waals surface area contributed by atoms with Crippen molar-refractivity contribution in [3.05, 3.63) is 42.5 Å². The summed E-state index contributed by atoms with van der Waals surface area (Å²) in [5.41, 5.74) is 1.01. The smallest absolute Gasteiger partial charge is 0.297 e. The van der Waals surface area contributed by atoms with Crippen molar-refractivity contribution >= 4 is 18.4 Å². The summed E-state index contributed by atoms with van der Waals surface area (Å²) in [5, 5.41) is 0.0191. The minimum Gasteiger partial charge on any atom is -0.411 e. The summed E-state index contributed by atoms with van der Waals surface area (Å²) >= 11 is 0. The van der Waals surface area contributed by atoms with E-state index in [1.54, 1.807) is 24.3 Å². The van der Waals surface area contributed by atoms with Crippen LogP contribution in [0, 0.1) is 6.92 Å². The van der Waals surface area contributed by atoms with Gasteiger partial charge in [0.15, 0.2) is 8.32 Å². The van der Waals surface area contributed by atoms with Crippen LogP contribution in [0.15, 0.2) is 41.8 Å². The predicted molar refractivity (Wildman–Crippen MR) is 147 cm³/mol. The lowest BCUT2D eigenvalue weighted by atomic mass is 10.0. The van der Waals surface area contributed by atoms with E-state index in [0.717, 1.165) is 18.4 Å². The number of unbranched alkanes of at least 4 members (excludes halogenated alkanes) is 7. The van der Waals surface area contributed by atoms with Gasteiger partial charge in [-0.3, -0.25) is 4.18 Å². The van der Waals surface area contributed by atoms with E-state index in [0.29, 0.717) is 12.8 Å². The Morgan fingerprint density at radius 2 is 1.47 bits per heavy atom. The van der Waals surface area contributed by atoms with Crippen molar-refractivity contribution in [3.8, 4) is 0 Å². The van der Waals surface area contributed by atoms with E-state index in [2.05, 4.69) is 47.4 Å². The second kappa shape index (κ2) is 14.6. The van der Waals surface area contributed by atoms with Crippen LogP contribution in [-0.2, 0) is 18.7 Å². The van der Waals surface area contributed by atoms with Gasteiger partial charge >= 0.3 is 0 Å². The Hall–Kier alpha value is -0.953. The minimum atomic E-state index is -3.89. The third kappa shape index (κ3) is 10.8. The highest BCUT2D eigenvalue weighted by Crippen LogP contribution is 2.39. The third-order valence-corrected chi connectivity index (χ3v) is 12.8. The van der Waals surface area contributed by atoms with Crippen LogP contribution in [0.5, 0.6) is 0 Å². The van der Waals surface area contributed by atoms with Gasteiger partial charge < -0.3 is 4.43 Å². The fraction of sp³-hybridized carbons (Fsp3) is 0.714. The molecule has 0 aliphatic rings. The van der Waals surface area contributed by atoms with Gasteiger partial charge in [-0.05, 0) is 50.0 Å². The Bertz CT molecular complexity index is 810. The second-order valence-corrected chi connectivity index (χ2v) is 17.4. The van der Waals surface area contributed by atoms with E-state index >= 15 is 0 Å². The molecule has 0 N–H and O–H groups in total. The van der Waals surface area contributed by atoms with Crippen LogP contribution in [0.4, 0.5) is 0 Å². The quantitative estimate of drug-likeness (QED) is 0.0911. The van der Waals surface area contributed by atoms with Crippen molar-refractivity contribution in [1.29, 1.82) is 0 Å². The zero-order valence-corrected chi connectivity index (χ0v) is 24.7. The van der Waals surface area contributed by atoms with Crippen LogP contribution in [0.1, 0.15) is 97.5 Å². The van der Waals surface area contributed by atoms with Gasteiger partial charge in [-0.25, -0.2) is 0 Å². The van der Waals surface area contributed by atoms with Gasteiger partial charge in [0.1, 0.15) is 6.10 Å². The van der Waals surface area contributed by atoms with Crippen molar-refractivity contribution < 1.29 is 17.0 Å². The van der Waals surface area contributed by atoms with Gasteiger partial charge in [0.25, 0.3) is 10.1 Å². The first-order chi connectivity index (χ1) is 15.8. The summed E-state index contributed by atoms with van der Waals surface area (Å²) in [5.74, 6) is 0. The maximum atomic E-state index is 13.2. The maximum absolute atomic E-state index is 13.2. The summed E-state index contributed by atoms with van der Waals surface area (Å²) in [6, 6.07) is 6.85. The van der Waals surface area contributed by atoms with Gasteiger partial charge in [0.2, 0.25) is 0 Å². The molecule has 1 aromatic rings. The standard InChI is InChI=1S/C28H50O4SSi/c1-9-11-12-13-14-15-16-17-19-26(27(18-10-2)32-34(7,8)28(4,5)6)31-33(29,30)25-22-20-24(3)21-23-25/h10,20-23,26-27H,2,9,11-19H2,1,3-8H3/t26-,27+/m1/s1. The summed E-state index contributed by atoms with van der Waals surface area (Å²) in [6.07, 6.45) is 11.8. The van der Waals surface area contributed by atoms with Crippen LogP contribution in [0.2, 0.25) is 18.1 Å². The van der Waals surface area contributed by atoms with E-state index in [1.165, 1.54) is 38.5 Å². The molecule has 34 heavy (non-hydrogen) atoms. The van der Waals surface area contributed by atoms with Crippen molar-refractivity contribution in [1.82, 2.24) is 0 Å². The number of benzene rings is 1. The molecular formula is C28H50O4SSi. The van der Waals surface area contributed by atoms with E-state index in [9.17, 15) is 8.42 Å². The highest BCUT2D eigenvalue weighted by Gasteiger charge is 2.41. The molecule has 2 atom stereocenters. The first-order valence-electron chi connectivity index (χ1n) is 13.1. The Kier molecular flexibility index (Phi) is 13.3. The third-order valence-electron chi connectivity index (χ3n) is 6.97. The van der Waals surface area contributed by atoms with Crippen LogP contribution < -0.4 is 0 Å². The molecule has 0 saturated heterocycles. The van der Waals surface area contributed by atoms with Crippen molar-refractivity contribution in [2.75, 3.05) is 0 Å². The van der Waals surface area contributed by atoms with Crippen LogP contribution in [0.3, 0.4) is 0 Å². The van der Waals surface area contributed by atoms with Gasteiger partial charge in [0.05, 0.1) is 11.0 Å². The Balaban J connectivity index is 2.99. The molecule has 196 valence electrons. The minimum absolute atomic E-state index is 0.0191. The van der Waals surface area contributed by atoms with Crippen molar-refractivity contribution in [2.45, 2.75) is 134 Å². The molecule has 0 unspecified atom stereocenters. The molecule has 0 amide bonds. The molecule has 0 aliphatic carbocycles. The lowest BCUT2D eigenvalue weighted by Gasteiger charge is -2.41. The molecular weight excluding hydrogens is 460 g/mol. The van der Waals surface area contributed by atoms with E-state index < -0.39 is 24.5 Å². The van der Waals surface area contributed by atoms with Gasteiger partial charge in [-0.15, -0.1) is 6.58 Å². The molecule has 1 aromatic carbocycles. The molecule has 0 heterocycles. The van der Waals surface area contributed by atoms with Crippen molar-refractivity contribution in [2.24, 2.45) is 0 Å². The molecule has 4 nitrogen and oxygen atoms in total. The first-order valence-corrected chi connectivity index (χ1v) is 17.4. The van der Waals surface area contributed by atoms with Gasteiger partial charge in [0, 0.05) is 0 Å². The molecule has 0 aliphatic heterocycles. The number of rotatable bonds is 17. The Morgan fingerprint density at radius 1 is 0.941 bits per heavy atom. The van der Waals surface area contributed by atoms with E-state index in [-0.39, 0.29) is 16.0 Å². The zero-order chi connectivity index (χ0) is 25.8. The van der Waals surface area contributed by atoms with E-state index in [1.807, 2.05) is 13.0 Å². The Morgan fingerprint density at radius 3 is 1.97 bits per heavy atom. The number of hydrogen-bond donors (Lipinski definition) is 0. The first kappa shape index (κ1) is 31.1. The molecule has 0 fully saturated rings. The topological polar surface area (TPSA) is 52.6 Å². The average molecular weight is 511 g/mol. The van der Waals surface area contributed by atoms with Gasteiger partial charge in [-0.2, -0.15) is 8.42 Å². The highest BCUT2D eigenvalue weighted by molar-refractivity contribution is 7.86. The summed E-state index contributed by atoms with van der Waals surface area (Å²) in [4.78, 5) is 0.198. The van der Waals surface area contributed by atoms with Crippen LogP contribution in [-0.4, -0.2) is 28.9 Å². The van der Waals surface area contributed by atoms with Crippen LogP contribution in [0.25, 0.3) is 0 Å². The SMILES string of the molecule is C=CC[C@H](O[Si](C)(C)C(C)(C)C)[C@@H](CCCCCCCCCC)OS(=O)(=O)c1ccc(C)cc1. The van der Waals surface area contributed by atoms with Gasteiger partial charge in [-0.1, -0.05) is 103 Å². The fourth-order valence-corrected chi connectivity index (χ4v) is 6.18. The molecule has 0 saturated carbocycles. The normalized spacial score (nSPS) is 14.7. The summed E-state index contributed by atoms with van der Waals surface area (Å²) in [6.45, 7) is 19.1. The molecule has 0 radical (unpaired) electrons.